The van der Waals surface area contributed by atoms with Gasteiger partial charge in [-0.05, 0) is 43.2 Å². The second kappa shape index (κ2) is 4.73. The summed E-state index contributed by atoms with van der Waals surface area (Å²) in [5, 5.41) is 0. The fourth-order valence-electron chi connectivity index (χ4n) is 2.63. The van der Waals surface area contributed by atoms with Crippen LogP contribution < -0.4 is 10.5 Å². The van der Waals surface area contributed by atoms with E-state index < -0.39 is 0 Å². The molecule has 1 aromatic heterocycles. The molecule has 2 rings (SSSR count). The molecule has 88 valence electrons. The van der Waals surface area contributed by atoms with E-state index in [9.17, 15) is 0 Å². The number of hydrogen-bond donors (Lipinski definition) is 1. The smallest absolute Gasteiger partial charge is 0.237 e. The van der Waals surface area contributed by atoms with Crippen molar-refractivity contribution >= 4 is 5.69 Å². The molecule has 2 N–H and O–H groups in total. The maximum atomic E-state index is 5.89. The predicted octanol–water partition coefficient (Wildman–Crippen LogP) is 2.87. The first kappa shape index (κ1) is 11.2. The summed E-state index contributed by atoms with van der Waals surface area (Å²) in [5.74, 6) is 2.06. The minimum absolute atomic E-state index is 0.274. The minimum Gasteiger partial charge on any atom is -0.473 e. The van der Waals surface area contributed by atoms with E-state index in [-0.39, 0.29) is 6.10 Å². The van der Waals surface area contributed by atoms with Crippen LogP contribution in [0.1, 0.15) is 33.1 Å². The summed E-state index contributed by atoms with van der Waals surface area (Å²) in [6.07, 6.45) is 5.52. The van der Waals surface area contributed by atoms with Gasteiger partial charge in [-0.3, -0.25) is 0 Å². The Bertz CT molecular complexity index is 344. The molecular weight excluding hydrogens is 200 g/mol. The molecule has 0 aliphatic heterocycles. The summed E-state index contributed by atoms with van der Waals surface area (Å²) in [4.78, 5) is 4.18. The first-order valence-electron chi connectivity index (χ1n) is 6.02. The van der Waals surface area contributed by atoms with Crippen LogP contribution in [0.3, 0.4) is 0 Å². The zero-order chi connectivity index (χ0) is 11.5. The van der Waals surface area contributed by atoms with Crippen LogP contribution in [0.2, 0.25) is 0 Å². The Labute approximate surface area is 97.0 Å². The lowest BCUT2D eigenvalue weighted by atomic mass is 9.82. The molecule has 3 heteroatoms. The third-order valence-electron chi connectivity index (χ3n) is 3.21. The van der Waals surface area contributed by atoms with Crippen LogP contribution in [0.25, 0.3) is 0 Å². The van der Waals surface area contributed by atoms with Crippen molar-refractivity contribution in [3.05, 3.63) is 18.3 Å². The Balaban J connectivity index is 2.02. The Kier molecular flexibility index (Phi) is 3.32. The molecule has 0 spiro atoms. The standard InChI is InChI=1S/C13H20N2O/c1-9-6-10(2)8-11(7-9)16-13-12(14)4-3-5-15-13/h3-5,9-11H,6-8,14H2,1-2H3. The van der Waals surface area contributed by atoms with Gasteiger partial charge in [-0.2, -0.15) is 0 Å². The Morgan fingerprint density at radius 2 is 1.94 bits per heavy atom. The Morgan fingerprint density at radius 1 is 1.25 bits per heavy atom. The summed E-state index contributed by atoms with van der Waals surface area (Å²) in [6, 6.07) is 3.66. The fourth-order valence-corrected chi connectivity index (χ4v) is 2.63. The van der Waals surface area contributed by atoms with E-state index >= 15 is 0 Å². The number of nitrogens with zero attached hydrogens (tertiary/aromatic N) is 1. The Hall–Kier alpha value is -1.25. The molecule has 0 saturated heterocycles. The number of nitrogens with two attached hydrogens (primary N) is 1. The third-order valence-corrected chi connectivity index (χ3v) is 3.21. The summed E-state index contributed by atoms with van der Waals surface area (Å²) in [5.41, 5.74) is 6.45. The highest BCUT2D eigenvalue weighted by atomic mass is 16.5. The van der Waals surface area contributed by atoms with Crippen LogP contribution in [-0.2, 0) is 0 Å². The first-order valence-corrected chi connectivity index (χ1v) is 6.02. The molecule has 2 unspecified atom stereocenters. The molecule has 1 fully saturated rings. The van der Waals surface area contributed by atoms with Crippen molar-refractivity contribution in [3.63, 3.8) is 0 Å². The quantitative estimate of drug-likeness (QED) is 0.833. The number of aromatic nitrogens is 1. The average Bonchev–Trinajstić information content (AvgIpc) is 2.20. The highest BCUT2D eigenvalue weighted by Crippen LogP contribution is 2.31. The zero-order valence-corrected chi connectivity index (χ0v) is 10.0. The third kappa shape index (κ3) is 2.65. The van der Waals surface area contributed by atoms with Crippen LogP contribution in [0.4, 0.5) is 5.69 Å². The number of nitrogen functional groups attached to an aromatic ring is 1. The largest absolute Gasteiger partial charge is 0.473 e. The van der Waals surface area contributed by atoms with Crippen molar-refractivity contribution in [1.82, 2.24) is 4.98 Å². The molecule has 1 aromatic rings. The van der Waals surface area contributed by atoms with E-state index in [1.54, 1.807) is 6.20 Å². The molecule has 2 atom stereocenters. The van der Waals surface area contributed by atoms with Gasteiger partial charge in [0.2, 0.25) is 5.88 Å². The van der Waals surface area contributed by atoms with E-state index in [2.05, 4.69) is 18.8 Å². The van der Waals surface area contributed by atoms with Crippen LogP contribution in [0, 0.1) is 11.8 Å². The summed E-state index contributed by atoms with van der Waals surface area (Å²) < 4.78 is 5.89. The van der Waals surface area contributed by atoms with E-state index in [1.165, 1.54) is 6.42 Å². The highest BCUT2D eigenvalue weighted by molar-refractivity contribution is 5.46. The van der Waals surface area contributed by atoms with Crippen molar-refractivity contribution in [1.29, 1.82) is 0 Å². The highest BCUT2D eigenvalue weighted by Gasteiger charge is 2.25. The maximum absolute atomic E-state index is 5.89. The van der Waals surface area contributed by atoms with Crippen LogP contribution in [0.5, 0.6) is 5.88 Å². The lowest BCUT2D eigenvalue weighted by Crippen LogP contribution is -2.29. The van der Waals surface area contributed by atoms with Crippen molar-refractivity contribution in [2.75, 3.05) is 5.73 Å². The van der Waals surface area contributed by atoms with Gasteiger partial charge in [-0.1, -0.05) is 13.8 Å². The molecule has 3 nitrogen and oxygen atoms in total. The molecule has 16 heavy (non-hydrogen) atoms. The van der Waals surface area contributed by atoms with Gasteiger partial charge in [-0.15, -0.1) is 0 Å². The van der Waals surface area contributed by atoms with Gasteiger partial charge in [0, 0.05) is 6.20 Å². The molecule has 0 radical (unpaired) electrons. The van der Waals surface area contributed by atoms with Crippen molar-refractivity contribution in [2.24, 2.45) is 11.8 Å². The topological polar surface area (TPSA) is 48.1 Å². The van der Waals surface area contributed by atoms with Gasteiger partial charge >= 0.3 is 0 Å². The van der Waals surface area contributed by atoms with E-state index in [0.29, 0.717) is 11.6 Å². The molecule has 1 saturated carbocycles. The van der Waals surface area contributed by atoms with Gasteiger partial charge in [0.1, 0.15) is 6.10 Å². The van der Waals surface area contributed by atoms with Crippen molar-refractivity contribution in [2.45, 2.75) is 39.2 Å². The lowest BCUT2D eigenvalue weighted by Gasteiger charge is -2.31. The molecule has 1 aliphatic carbocycles. The average molecular weight is 220 g/mol. The lowest BCUT2D eigenvalue weighted by molar-refractivity contribution is 0.0975. The molecule has 1 aliphatic rings. The van der Waals surface area contributed by atoms with Crippen molar-refractivity contribution < 1.29 is 4.74 Å². The van der Waals surface area contributed by atoms with E-state index in [0.717, 1.165) is 24.7 Å². The SMILES string of the molecule is CC1CC(C)CC(Oc2ncccc2N)C1. The number of anilines is 1. The molecule has 1 heterocycles. The summed E-state index contributed by atoms with van der Waals surface area (Å²) in [6.45, 7) is 4.57. The van der Waals surface area contributed by atoms with E-state index in [1.807, 2.05) is 12.1 Å². The normalized spacial score (nSPS) is 30.0. The zero-order valence-electron chi connectivity index (χ0n) is 10.0. The molecule has 0 amide bonds. The Morgan fingerprint density at radius 3 is 2.56 bits per heavy atom. The molecular formula is C13H20N2O. The van der Waals surface area contributed by atoms with Gasteiger partial charge in [-0.25, -0.2) is 4.98 Å². The number of ether oxygens (including phenoxy) is 1. The predicted molar refractivity (Wildman–Crippen MR) is 65.2 cm³/mol. The second-order valence-corrected chi connectivity index (χ2v) is 5.06. The summed E-state index contributed by atoms with van der Waals surface area (Å²) >= 11 is 0. The van der Waals surface area contributed by atoms with Gasteiger partial charge < -0.3 is 10.5 Å². The monoisotopic (exact) mass is 220 g/mol. The summed E-state index contributed by atoms with van der Waals surface area (Å²) in [7, 11) is 0. The van der Waals surface area contributed by atoms with Crippen molar-refractivity contribution in [3.8, 4) is 5.88 Å². The van der Waals surface area contributed by atoms with Crippen LogP contribution in [-0.4, -0.2) is 11.1 Å². The number of rotatable bonds is 2. The first-order chi connectivity index (χ1) is 7.65. The van der Waals surface area contributed by atoms with E-state index in [4.69, 9.17) is 10.5 Å². The van der Waals surface area contributed by atoms with Gasteiger partial charge in [0.25, 0.3) is 0 Å². The van der Waals surface area contributed by atoms with Gasteiger partial charge in [0.15, 0.2) is 0 Å². The van der Waals surface area contributed by atoms with Crippen LogP contribution in [0.15, 0.2) is 18.3 Å². The second-order valence-electron chi connectivity index (χ2n) is 5.06. The number of hydrogen-bond acceptors (Lipinski definition) is 3. The van der Waals surface area contributed by atoms with Gasteiger partial charge in [0.05, 0.1) is 5.69 Å². The van der Waals surface area contributed by atoms with Crippen LogP contribution >= 0.6 is 0 Å². The molecule has 0 aromatic carbocycles. The number of pyridine rings is 1. The molecule has 0 bridgehead atoms. The fraction of sp³-hybridized carbons (Fsp3) is 0.615. The minimum atomic E-state index is 0.274. The maximum Gasteiger partial charge on any atom is 0.237 e.